The van der Waals surface area contributed by atoms with E-state index < -0.39 is 0 Å². The summed E-state index contributed by atoms with van der Waals surface area (Å²) in [4.78, 5) is 21.3. The summed E-state index contributed by atoms with van der Waals surface area (Å²) in [5.41, 5.74) is 2.25. The molecule has 0 bridgehead atoms. The Morgan fingerprint density at radius 1 is 1.48 bits per heavy atom. The molecule has 2 rings (SSSR count). The number of anilines is 1. The first-order valence-electron chi connectivity index (χ1n) is 6.23. The minimum absolute atomic E-state index is 0.154. The largest absolute Gasteiger partial charge is 0.301 e. The molecule has 2 aromatic heterocycles. The zero-order valence-corrected chi connectivity index (χ0v) is 13.6. The van der Waals surface area contributed by atoms with Crippen molar-refractivity contribution in [2.24, 2.45) is 0 Å². The number of aryl methyl sites for hydroxylation is 3. The Balaban J connectivity index is 2.03. The van der Waals surface area contributed by atoms with Crippen LogP contribution in [0.1, 0.15) is 21.7 Å². The van der Waals surface area contributed by atoms with Crippen molar-refractivity contribution in [3.05, 3.63) is 34.0 Å². The van der Waals surface area contributed by atoms with Gasteiger partial charge >= 0.3 is 0 Å². The normalized spacial score (nSPS) is 10.2. The first-order chi connectivity index (χ1) is 9.99. The second-order valence-electron chi connectivity index (χ2n) is 4.49. The number of rotatable bonds is 4. The van der Waals surface area contributed by atoms with Gasteiger partial charge in [0.15, 0.2) is 5.13 Å². The number of thioether (sulfide) groups is 1. The molecule has 0 spiro atoms. The van der Waals surface area contributed by atoms with Gasteiger partial charge in [0.05, 0.1) is 11.3 Å². The van der Waals surface area contributed by atoms with Crippen LogP contribution < -0.4 is 5.32 Å². The van der Waals surface area contributed by atoms with Gasteiger partial charge in [0, 0.05) is 16.8 Å². The van der Waals surface area contributed by atoms with Gasteiger partial charge in [-0.15, -0.1) is 11.3 Å². The van der Waals surface area contributed by atoms with Crippen molar-refractivity contribution >= 4 is 34.1 Å². The van der Waals surface area contributed by atoms with Crippen molar-refractivity contribution in [3.63, 3.8) is 0 Å². The van der Waals surface area contributed by atoms with E-state index >= 15 is 0 Å². The molecule has 0 fully saturated rings. The Labute approximate surface area is 131 Å². The Bertz CT molecular complexity index is 718. The smallest absolute Gasteiger partial charge is 0.236 e. The quantitative estimate of drug-likeness (QED) is 0.877. The topological polar surface area (TPSA) is 78.7 Å². The van der Waals surface area contributed by atoms with Crippen molar-refractivity contribution in [1.82, 2.24) is 9.97 Å². The number of thiazole rings is 1. The number of nitriles is 1. The van der Waals surface area contributed by atoms with E-state index in [1.165, 1.54) is 23.1 Å². The molecule has 5 nitrogen and oxygen atoms in total. The molecule has 0 unspecified atom stereocenters. The van der Waals surface area contributed by atoms with Crippen molar-refractivity contribution in [2.75, 3.05) is 11.1 Å². The van der Waals surface area contributed by atoms with Crippen molar-refractivity contribution < 1.29 is 4.79 Å². The van der Waals surface area contributed by atoms with Crippen LogP contribution in [0.5, 0.6) is 0 Å². The standard InChI is InChI=1S/C14H14N4OS2/c1-8-4-9(2)17-13(11(8)5-15)20-7-12(19)18-14-16-6-10(3)21-14/h4,6H,7H2,1-3H3,(H,16,18,19). The van der Waals surface area contributed by atoms with Gasteiger partial charge in [0.1, 0.15) is 11.1 Å². The van der Waals surface area contributed by atoms with Crippen LogP contribution in [0.4, 0.5) is 5.13 Å². The summed E-state index contributed by atoms with van der Waals surface area (Å²) >= 11 is 2.70. The second kappa shape index (κ2) is 6.70. The molecule has 0 aliphatic rings. The molecule has 1 amide bonds. The number of aromatic nitrogens is 2. The first kappa shape index (κ1) is 15.5. The minimum Gasteiger partial charge on any atom is -0.301 e. The highest BCUT2D eigenvalue weighted by Crippen LogP contribution is 2.24. The lowest BCUT2D eigenvalue weighted by molar-refractivity contribution is -0.113. The molecule has 7 heteroatoms. The van der Waals surface area contributed by atoms with Crippen LogP contribution in [-0.2, 0) is 4.79 Å². The molecular weight excluding hydrogens is 304 g/mol. The van der Waals surface area contributed by atoms with E-state index in [1.807, 2.05) is 26.8 Å². The van der Waals surface area contributed by atoms with E-state index in [2.05, 4.69) is 21.4 Å². The van der Waals surface area contributed by atoms with Gasteiger partial charge in [0.2, 0.25) is 5.91 Å². The lowest BCUT2D eigenvalue weighted by Gasteiger charge is -2.07. The number of nitrogens with zero attached hydrogens (tertiary/aromatic N) is 3. The number of amides is 1. The maximum Gasteiger partial charge on any atom is 0.236 e. The fourth-order valence-electron chi connectivity index (χ4n) is 1.74. The first-order valence-corrected chi connectivity index (χ1v) is 8.03. The minimum atomic E-state index is -0.154. The van der Waals surface area contributed by atoms with Gasteiger partial charge < -0.3 is 5.32 Å². The van der Waals surface area contributed by atoms with Gasteiger partial charge in [-0.05, 0) is 32.4 Å². The highest BCUT2D eigenvalue weighted by Gasteiger charge is 2.12. The van der Waals surface area contributed by atoms with Gasteiger partial charge in [-0.3, -0.25) is 4.79 Å². The molecule has 21 heavy (non-hydrogen) atoms. The Kier molecular flexibility index (Phi) is 4.94. The van der Waals surface area contributed by atoms with E-state index in [1.54, 1.807) is 6.20 Å². The van der Waals surface area contributed by atoms with Crippen LogP contribution in [0.15, 0.2) is 17.3 Å². The molecule has 0 saturated carbocycles. The highest BCUT2D eigenvalue weighted by atomic mass is 32.2. The Morgan fingerprint density at radius 2 is 2.24 bits per heavy atom. The number of hydrogen-bond acceptors (Lipinski definition) is 6. The third-order valence-corrected chi connectivity index (χ3v) is 4.43. The van der Waals surface area contributed by atoms with Crippen molar-refractivity contribution in [3.8, 4) is 6.07 Å². The third kappa shape index (κ3) is 4.03. The zero-order chi connectivity index (χ0) is 15.4. The lowest BCUT2D eigenvalue weighted by Crippen LogP contribution is -2.14. The highest BCUT2D eigenvalue weighted by molar-refractivity contribution is 8.00. The number of nitrogens with one attached hydrogen (secondary N) is 1. The summed E-state index contributed by atoms with van der Waals surface area (Å²) in [5, 5.41) is 13.1. The molecule has 0 aromatic carbocycles. The fraction of sp³-hybridized carbons (Fsp3) is 0.286. The maximum atomic E-state index is 11.9. The fourth-order valence-corrected chi connectivity index (χ4v) is 3.32. The van der Waals surface area contributed by atoms with Crippen molar-refractivity contribution in [2.45, 2.75) is 25.8 Å². The Hall–Kier alpha value is -1.91. The SMILES string of the molecule is Cc1cc(C)c(C#N)c(SCC(=O)Nc2ncc(C)s2)n1. The molecule has 108 valence electrons. The maximum absolute atomic E-state index is 11.9. The predicted molar refractivity (Wildman–Crippen MR) is 84.6 cm³/mol. The lowest BCUT2D eigenvalue weighted by atomic mass is 10.1. The zero-order valence-electron chi connectivity index (χ0n) is 11.9. The number of carbonyl (C=O) groups excluding carboxylic acids is 1. The number of carbonyl (C=O) groups is 1. The summed E-state index contributed by atoms with van der Waals surface area (Å²) < 4.78 is 0. The molecule has 0 aliphatic carbocycles. The molecule has 0 saturated heterocycles. The predicted octanol–water partition coefficient (Wildman–Crippen LogP) is 3.07. The third-order valence-electron chi connectivity index (χ3n) is 2.63. The van der Waals surface area contributed by atoms with Crippen LogP contribution in [0.3, 0.4) is 0 Å². The number of hydrogen-bond donors (Lipinski definition) is 1. The number of pyridine rings is 1. The summed E-state index contributed by atoms with van der Waals surface area (Å²) in [7, 11) is 0. The molecular formula is C14H14N4OS2. The molecule has 2 aromatic rings. The van der Waals surface area contributed by atoms with E-state index in [4.69, 9.17) is 0 Å². The van der Waals surface area contributed by atoms with E-state index in [9.17, 15) is 10.1 Å². The Morgan fingerprint density at radius 3 is 2.86 bits per heavy atom. The molecule has 2 heterocycles. The van der Waals surface area contributed by atoms with Gasteiger partial charge in [-0.25, -0.2) is 9.97 Å². The molecule has 0 aliphatic heterocycles. The van der Waals surface area contributed by atoms with E-state index in [-0.39, 0.29) is 11.7 Å². The summed E-state index contributed by atoms with van der Waals surface area (Å²) in [6.07, 6.45) is 1.71. The van der Waals surface area contributed by atoms with Crippen LogP contribution in [0, 0.1) is 32.1 Å². The second-order valence-corrected chi connectivity index (χ2v) is 6.68. The summed E-state index contributed by atoms with van der Waals surface area (Å²) in [6, 6.07) is 4.00. The van der Waals surface area contributed by atoms with E-state index in [0.717, 1.165) is 16.1 Å². The summed E-state index contributed by atoms with van der Waals surface area (Å²) in [6.45, 7) is 5.67. The van der Waals surface area contributed by atoms with Gasteiger partial charge in [0.25, 0.3) is 0 Å². The average molecular weight is 318 g/mol. The van der Waals surface area contributed by atoms with Crippen LogP contribution in [0.2, 0.25) is 0 Å². The molecule has 0 radical (unpaired) electrons. The van der Waals surface area contributed by atoms with Crippen LogP contribution in [-0.4, -0.2) is 21.6 Å². The molecule has 1 N–H and O–H groups in total. The van der Waals surface area contributed by atoms with E-state index in [0.29, 0.717) is 15.7 Å². The molecule has 0 atom stereocenters. The van der Waals surface area contributed by atoms with Crippen LogP contribution >= 0.6 is 23.1 Å². The van der Waals surface area contributed by atoms with Gasteiger partial charge in [-0.1, -0.05) is 11.8 Å². The average Bonchev–Trinajstić information content (AvgIpc) is 2.81. The summed E-state index contributed by atoms with van der Waals surface area (Å²) in [5.74, 6) is 0.0441. The van der Waals surface area contributed by atoms with Gasteiger partial charge in [-0.2, -0.15) is 5.26 Å². The van der Waals surface area contributed by atoms with Crippen molar-refractivity contribution in [1.29, 1.82) is 5.26 Å². The monoisotopic (exact) mass is 318 g/mol. The van der Waals surface area contributed by atoms with Crippen LogP contribution in [0.25, 0.3) is 0 Å².